The number of pyridine rings is 1. The first-order chi connectivity index (χ1) is 16.0. The van der Waals surface area contributed by atoms with E-state index in [9.17, 15) is 4.79 Å². The third-order valence-corrected chi connectivity index (χ3v) is 7.07. The number of aromatic nitrogens is 3. The zero-order valence-electron chi connectivity index (χ0n) is 18.9. The van der Waals surface area contributed by atoms with Gasteiger partial charge in [0.25, 0.3) is 0 Å². The lowest BCUT2D eigenvalue weighted by Gasteiger charge is -2.46. The monoisotopic (exact) mass is 436 g/mol. The molecular weight excluding hydrogens is 412 g/mol. The third kappa shape index (κ3) is 3.32. The molecule has 0 saturated heterocycles. The second kappa shape index (κ2) is 7.93. The Hall–Kier alpha value is -3.85. The van der Waals surface area contributed by atoms with Gasteiger partial charge in [-0.1, -0.05) is 50.3 Å². The van der Waals surface area contributed by atoms with Crippen LogP contribution in [-0.4, -0.2) is 27.8 Å². The van der Waals surface area contributed by atoms with Gasteiger partial charge >= 0.3 is 0 Å². The number of carbonyl (C=O) groups excluding carboxylic acids is 1. The largest absolute Gasteiger partial charge is 0.481 e. The Kier molecular flexibility index (Phi) is 5.05. The standard InChI is InChI=1S/C27H24N4O2/c1-16-20-11-10-19-23(17-8-6-5-7-9-17)30-26(18-12-13-29-22(14-18)33-4)31-25(19)27(20,2)15-21(28-3)24(16)32/h5-9,12-16,20H,10-11H2,1-2,4H3/t16-,20-,27-/m1/s1. The van der Waals surface area contributed by atoms with Crippen molar-refractivity contribution in [1.82, 2.24) is 15.0 Å². The molecule has 0 radical (unpaired) electrons. The molecule has 1 aromatic carbocycles. The van der Waals surface area contributed by atoms with Gasteiger partial charge in [0.2, 0.25) is 11.6 Å². The minimum absolute atomic E-state index is 0.0626. The van der Waals surface area contributed by atoms with Gasteiger partial charge in [-0.15, -0.1) is 0 Å². The maximum Gasteiger partial charge on any atom is 0.226 e. The number of ether oxygens (including phenoxy) is 1. The fourth-order valence-corrected chi connectivity index (χ4v) is 5.37. The summed E-state index contributed by atoms with van der Waals surface area (Å²) in [5, 5.41) is 0. The van der Waals surface area contributed by atoms with Crippen molar-refractivity contribution in [3.05, 3.63) is 83.1 Å². The third-order valence-electron chi connectivity index (χ3n) is 7.07. The number of rotatable bonds is 3. The lowest BCUT2D eigenvalue weighted by atomic mass is 9.58. The normalized spacial score (nSPS) is 23.7. The van der Waals surface area contributed by atoms with Crippen molar-refractivity contribution in [2.24, 2.45) is 11.8 Å². The van der Waals surface area contributed by atoms with Crippen molar-refractivity contribution in [1.29, 1.82) is 0 Å². The lowest BCUT2D eigenvalue weighted by molar-refractivity contribution is -0.121. The molecule has 6 nitrogen and oxygen atoms in total. The van der Waals surface area contributed by atoms with Crippen LogP contribution in [0, 0.1) is 18.4 Å². The molecule has 3 aromatic rings. The summed E-state index contributed by atoms with van der Waals surface area (Å²) in [6, 6.07) is 13.8. The molecule has 164 valence electrons. The van der Waals surface area contributed by atoms with Gasteiger partial charge in [-0.05, 0) is 24.8 Å². The molecule has 0 saturated carbocycles. The van der Waals surface area contributed by atoms with Gasteiger partial charge < -0.3 is 9.53 Å². The maximum absolute atomic E-state index is 12.8. The summed E-state index contributed by atoms with van der Waals surface area (Å²) in [6.45, 7) is 11.6. The fraction of sp³-hybridized carbons (Fsp3) is 0.296. The van der Waals surface area contributed by atoms with E-state index in [2.05, 4.69) is 28.9 Å². The van der Waals surface area contributed by atoms with Gasteiger partial charge in [-0.25, -0.2) is 19.8 Å². The number of carbonyl (C=O) groups is 1. The summed E-state index contributed by atoms with van der Waals surface area (Å²) in [4.78, 5) is 30.6. The molecule has 0 amide bonds. The zero-order valence-corrected chi connectivity index (χ0v) is 18.9. The van der Waals surface area contributed by atoms with E-state index >= 15 is 0 Å². The van der Waals surface area contributed by atoms with Crippen molar-refractivity contribution >= 4 is 5.78 Å². The molecule has 0 unspecified atom stereocenters. The molecule has 2 aliphatic carbocycles. The van der Waals surface area contributed by atoms with Crippen LogP contribution in [0.1, 0.15) is 31.5 Å². The quantitative estimate of drug-likeness (QED) is 0.537. The van der Waals surface area contributed by atoms with Crippen LogP contribution in [0.5, 0.6) is 5.88 Å². The zero-order chi connectivity index (χ0) is 23.2. The maximum atomic E-state index is 12.8. The van der Waals surface area contributed by atoms with E-state index in [0.717, 1.165) is 40.9 Å². The van der Waals surface area contributed by atoms with E-state index in [1.165, 1.54) is 0 Å². The Morgan fingerprint density at radius 1 is 1.15 bits per heavy atom. The highest BCUT2D eigenvalue weighted by Gasteiger charge is 2.49. The minimum Gasteiger partial charge on any atom is -0.481 e. The fourth-order valence-electron chi connectivity index (χ4n) is 5.37. The molecular formula is C27H24N4O2. The van der Waals surface area contributed by atoms with Crippen molar-refractivity contribution < 1.29 is 9.53 Å². The predicted molar refractivity (Wildman–Crippen MR) is 125 cm³/mol. The molecule has 6 heteroatoms. The van der Waals surface area contributed by atoms with E-state index in [1.807, 2.05) is 43.3 Å². The smallest absolute Gasteiger partial charge is 0.226 e. The number of hydrogen-bond acceptors (Lipinski definition) is 5. The summed E-state index contributed by atoms with van der Waals surface area (Å²) in [5.74, 6) is 0.870. The van der Waals surface area contributed by atoms with Crippen LogP contribution in [0.2, 0.25) is 0 Å². The number of hydrogen-bond donors (Lipinski definition) is 0. The molecule has 0 aliphatic heterocycles. The average Bonchev–Trinajstić information content (AvgIpc) is 2.86. The summed E-state index contributed by atoms with van der Waals surface area (Å²) in [7, 11) is 1.58. The molecule has 2 aromatic heterocycles. The van der Waals surface area contributed by atoms with Gasteiger partial charge in [0.1, 0.15) is 0 Å². The lowest BCUT2D eigenvalue weighted by Crippen LogP contribution is -2.46. The molecule has 5 rings (SSSR count). The molecule has 3 atom stereocenters. The van der Waals surface area contributed by atoms with Gasteiger partial charge in [-0.3, -0.25) is 0 Å². The summed E-state index contributed by atoms with van der Waals surface area (Å²) < 4.78 is 5.32. The van der Waals surface area contributed by atoms with Gasteiger partial charge in [0.05, 0.1) is 25.1 Å². The summed E-state index contributed by atoms with van der Waals surface area (Å²) in [6.07, 6.45) is 5.17. The van der Waals surface area contributed by atoms with Gasteiger partial charge in [0, 0.05) is 40.3 Å². The Balaban J connectivity index is 1.80. The van der Waals surface area contributed by atoms with Crippen LogP contribution in [-0.2, 0) is 16.6 Å². The first-order valence-electron chi connectivity index (χ1n) is 11.1. The van der Waals surface area contributed by atoms with Crippen molar-refractivity contribution in [3.8, 4) is 28.5 Å². The first-order valence-corrected chi connectivity index (χ1v) is 11.1. The molecule has 0 bridgehead atoms. The summed E-state index contributed by atoms with van der Waals surface area (Å²) >= 11 is 0. The van der Waals surface area contributed by atoms with Crippen LogP contribution in [0.3, 0.4) is 0 Å². The van der Waals surface area contributed by atoms with E-state index in [4.69, 9.17) is 21.3 Å². The van der Waals surface area contributed by atoms with E-state index < -0.39 is 5.41 Å². The van der Waals surface area contributed by atoms with Crippen LogP contribution < -0.4 is 4.74 Å². The number of fused-ring (bicyclic) bond motifs is 3. The van der Waals surface area contributed by atoms with Crippen LogP contribution in [0.15, 0.2) is 60.4 Å². The molecule has 0 spiro atoms. The Bertz CT molecular complexity index is 1330. The molecule has 2 aliphatic rings. The molecule has 2 heterocycles. The number of ketones is 1. The highest BCUT2D eigenvalue weighted by molar-refractivity contribution is 6.00. The number of nitrogens with zero attached hydrogens (tertiary/aromatic N) is 4. The van der Waals surface area contributed by atoms with Crippen LogP contribution in [0.4, 0.5) is 0 Å². The highest BCUT2D eigenvalue weighted by atomic mass is 16.5. The van der Waals surface area contributed by atoms with Crippen LogP contribution >= 0.6 is 0 Å². The van der Waals surface area contributed by atoms with E-state index in [-0.39, 0.29) is 23.3 Å². The molecule has 0 fully saturated rings. The topological polar surface area (TPSA) is 69.3 Å². The first kappa shape index (κ1) is 21.0. The van der Waals surface area contributed by atoms with E-state index in [0.29, 0.717) is 11.7 Å². The van der Waals surface area contributed by atoms with Gasteiger partial charge in [0.15, 0.2) is 11.6 Å². The average molecular weight is 437 g/mol. The Labute approximate surface area is 193 Å². The molecule has 33 heavy (non-hydrogen) atoms. The second-order valence-electron chi connectivity index (χ2n) is 8.90. The second-order valence-corrected chi connectivity index (χ2v) is 8.90. The Morgan fingerprint density at radius 2 is 1.94 bits per heavy atom. The van der Waals surface area contributed by atoms with Crippen LogP contribution in [0.25, 0.3) is 27.5 Å². The van der Waals surface area contributed by atoms with E-state index in [1.54, 1.807) is 13.3 Å². The Morgan fingerprint density at radius 3 is 2.67 bits per heavy atom. The highest BCUT2D eigenvalue weighted by Crippen LogP contribution is 2.51. The van der Waals surface area contributed by atoms with Crippen molar-refractivity contribution in [2.75, 3.05) is 7.11 Å². The predicted octanol–water partition coefficient (Wildman–Crippen LogP) is 5.06. The minimum atomic E-state index is -0.529. The molecule has 0 N–H and O–H groups in total. The number of benzene rings is 1. The SMILES string of the molecule is [C-]#[N+]C1=C[C@@]2(C)c3nc(-c4ccnc(OC)c4)nc(-c4ccccc4)c3CC[C@@H]2[C@@H](C)C1=O. The summed E-state index contributed by atoms with van der Waals surface area (Å²) in [5.41, 5.74) is 4.40. The van der Waals surface area contributed by atoms with Crippen molar-refractivity contribution in [3.63, 3.8) is 0 Å². The number of Topliss-reactive ketones (excluding diaryl/α,β-unsaturated/α-hetero) is 1. The number of allylic oxidation sites excluding steroid dienone is 2. The van der Waals surface area contributed by atoms with Gasteiger partial charge in [-0.2, -0.15) is 0 Å². The number of methoxy groups -OCH3 is 1. The van der Waals surface area contributed by atoms with Crippen molar-refractivity contribution in [2.45, 2.75) is 32.1 Å².